The van der Waals surface area contributed by atoms with E-state index in [9.17, 15) is 4.79 Å². The first-order chi connectivity index (χ1) is 9.56. The Bertz CT molecular complexity index is 484. The molecule has 0 saturated heterocycles. The van der Waals surface area contributed by atoms with Gasteiger partial charge in [0.1, 0.15) is 5.82 Å². The van der Waals surface area contributed by atoms with Gasteiger partial charge in [0.2, 0.25) is 0 Å². The number of hydrazine groups is 1. The van der Waals surface area contributed by atoms with Gasteiger partial charge >= 0.3 is 0 Å². The van der Waals surface area contributed by atoms with Gasteiger partial charge in [-0.25, -0.2) is 9.97 Å². The monoisotopic (exact) mass is 277 g/mol. The molecule has 6 nitrogen and oxygen atoms in total. The lowest BCUT2D eigenvalue weighted by atomic mass is 10.2. The number of carbonyl (C=O) groups excluding carboxylic acids is 1. The molecule has 1 saturated carbocycles. The van der Waals surface area contributed by atoms with Crippen LogP contribution in [0, 0.1) is 5.92 Å². The third-order valence-corrected chi connectivity index (χ3v) is 3.53. The van der Waals surface area contributed by atoms with Gasteiger partial charge in [0.05, 0.1) is 11.9 Å². The zero-order valence-electron chi connectivity index (χ0n) is 12.4. The van der Waals surface area contributed by atoms with Crippen molar-refractivity contribution in [2.24, 2.45) is 11.8 Å². The Balaban J connectivity index is 2.27. The number of nitrogens with one attached hydrogen (secondary N) is 1. The van der Waals surface area contributed by atoms with E-state index < -0.39 is 0 Å². The molecule has 0 unspecified atom stereocenters. The standard InChI is InChI=1S/C14H23N5O/c1-4-19(8-10-5-6-10)14(20)12-11(18-15)7-16-13(17-12)9(2)3/h7,9-10,18H,4-6,8,15H2,1-3H3. The van der Waals surface area contributed by atoms with E-state index in [4.69, 9.17) is 5.84 Å². The van der Waals surface area contributed by atoms with E-state index in [-0.39, 0.29) is 11.8 Å². The minimum atomic E-state index is -0.0725. The summed E-state index contributed by atoms with van der Waals surface area (Å²) in [5.41, 5.74) is 3.37. The quantitative estimate of drug-likeness (QED) is 0.611. The zero-order valence-corrected chi connectivity index (χ0v) is 12.4. The molecule has 1 fully saturated rings. The molecule has 1 aromatic rings. The predicted molar refractivity (Wildman–Crippen MR) is 78.2 cm³/mol. The number of aromatic nitrogens is 2. The van der Waals surface area contributed by atoms with Crippen molar-refractivity contribution < 1.29 is 4.79 Å². The van der Waals surface area contributed by atoms with E-state index in [1.807, 2.05) is 25.7 Å². The highest BCUT2D eigenvalue weighted by atomic mass is 16.2. The summed E-state index contributed by atoms with van der Waals surface area (Å²) in [5, 5.41) is 0. The molecule has 3 N–H and O–H groups in total. The van der Waals surface area contributed by atoms with Crippen LogP contribution in [0.4, 0.5) is 5.69 Å². The molecule has 6 heteroatoms. The molecule has 1 aliphatic carbocycles. The van der Waals surface area contributed by atoms with Crippen LogP contribution in [-0.4, -0.2) is 33.9 Å². The number of nitrogens with zero attached hydrogens (tertiary/aromatic N) is 3. The highest BCUT2D eigenvalue weighted by molar-refractivity contribution is 5.97. The molecule has 0 aromatic carbocycles. The van der Waals surface area contributed by atoms with Crippen LogP contribution in [-0.2, 0) is 0 Å². The number of hydrogen-bond acceptors (Lipinski definition) is 5. The van der Waals surface area contributed by atoms with Crippen LogP contribution in [0.3, 0.4) is 0 Å². The van der Waals surface area contributed by atoms with Gasteiger partial charge in [-0.15, -0.1) is 0 Å². The second kappa shape index (κ2) is 6.17. The van der Waals surface area contributed by atoms with Gasteiger partial charge in [-0.3, -0.25) is 10.6 Å². The second-order valence-corrected chi connectivity index (χ2v) is 5.58. The van der Waals surface area contributed by atoms with E-state index in [0.29, 0.717) is 29.7 Å². The van der Waals surface area contributed by atoms with Crippen molar-refractivity contribution in [2.45, 2.75) is 39.5 Å². The molecule has 1 amide bonds. The molecular weight excluding hydrogens is 254 g/mol. The van der Waals surface area contributed by atoms with Gasteiger partial charge in [0.15, 0.2) is 5.69 Å². The molecule has 0 radical (unpaired) electrons. The minimum absolute atomic E-state index is 0.0725. The smallest absolute Gasteiger partial charge is 0.274 e. The van der Waals surface area contributed by atoms with Gasteiger partial charge in [-0.05, 0) is 25.7 Å². The van der Waals surface area contributed by atoms with Gasteiger partial charge in [-0.2, -0.15) is 0 Å². The highest BCUT2D eigenvalue weighted by Gasteiger charge is 2.28. The molecule has 110 valence electrons. The molecule has 0 atom stereocenters. The SMILES string of the molecule is CCN(CC1CC1)C(=O)c1nc(C(C)C)ncc1NN. The first kappa shape index (κ1) is 14.7. The number of nitrogens with two attached hydrogens (primary N) is 1. The summed E-state index contributed by atoms with van der Waals surface area (Å²) in [6, 6.07) is 0. The van der Waals surface area contributed by atoms with Crippen molar-refractivity contribution in [3.05, 3.63) is 17.7 Å². The minimum Gasteiger partial charge on any atom is -0.337 e. The van der Waals surface area contributed by atoms with E-state index in [0.717, 1.165) is 6.54 Å². The van der Waals surface area contributed by atoms with Crippen LogP contribution in [0.15, 0.2) is 6.20 Å². The molecule has 2 rings (SSSR count). The summed E-state index contributed by atoms with van der Waals surface area (Å²) in [6.07, 6.45) is 4.01. The Kier molecular flexibility index (Phi) is 4.54. The number of nitrogen functional groups attached to an aromatic ring is 1. The maximum Gasteiger partial charge on any atom is 0.274 e. The van der Waals surface area contributed by atoms with Crippen molar-refractivity contribution in [2.75, 3.05) is 18.5 Å². The summed E-state index contributed by atoms with van der Waals surface area (Å²) < 4.78 is 0. The van der Waals surface area contributed by atoms with Crippen LogP contribution >= 0.6 is 0 Å². The maximum absolute atomic E-state index is 12.6. The van der Waals surface area contributed by atoms with Crippen LogP contribution < -0.4 is 11.3 Å². The molecule has 0 aliphatic heterocycles. The molecular formula is C14H23N5O. The number of anilines is 1. The fourth-order valence-corrected chi connectivity index (χ4v) is 2.06. The first-order valence-electron chi connectivity index (χ1n) is 7.19. The van der Waals surface area contributed by atoms with Crippen molar-refractivity contribution in [1.82, 2.24) is 14.9 Å². The third-order valence-electron chi connectivity index (χ3n) is 3.53. The lowest BCUT2D eigenvalue weighted by Gasteiger charge is -2.21. The van der Waals surface area contributed by atoms with Gasteiger partial charge in [-0.1, -0.05) is 13.8 Å². The van der Waals surface area contributed by atoms with E-state index in [1.54, 1.807) is 6.20 Å². The van der Waals surface area contributed by atoms with E-state index in [1.165, 1.54) is 12.8 Å². The average molecular weight is 277 g/mol. The van der Waals surface area contributed by atoms with Crippen LogP contribution in [0.1, 0.15) is 55.8 Å². The third kappa shape index (κ3) is 3.25. The Hall–Kier alpha value is -1.69. The van der Waals surface area contributed by atoms with Gasteiger partial charge in [0, 0.05) is 19.0 Å². The maximum atomic E-state index is 12.6. The van der Waals surface area contributed by atoms with Gasteiger partial charge < -0.3 is 10.3 Å². The Morgan fingerprint density at radius 2 is 2.25 bits per heavy atom. The molecule has 20 heavy (non-hydrogen) atoms. The van der Waals surface area contributed by atoms with Crippen molar-refractivity contribution in [3.63, 3.8) is 0 Å². The Morgan fingerprint density at radius 1 is 1.55 bits per heavy atom. The molecule has 0 bridgehead atoms. The molecule has 0 spiro atoms. The zero-order chi connectivity index (χ0) is 14.7. The molecule has 1 heterocycles. The second-order valence-electron chi connectivity index (χ2n) is 5.58. The summed E-state index contributed by atoms with van der Waals surface area (Å²) in [5.74, 6) is 6.88. The number of amides is 1. The summed E-state index contributed by atoms with van der Waals surface area (Å²) in [7, 11) is 0. The van der Waals surface area contributed by atoms with Gasteiger partial charge in [0.25, 0.3) is 5.91 Å². The summed E-state index contributed by atoms with van der Waals surface area (Å²) in [4.78, 5) is 23.1. The number of hydrogen-bond donors (Lipinski definition) is 2. The predicted octanol–water partition coefficient (Wildman–Crippen LogP) is 1.76. The Labute approximate surface area is 119 Å². The van der Waals surface area contributed by atoms with E-state index in [2.05, 4.69) is 15.4 Å². The first-order valence-corrected chi connectivity index (χ1v) is 7.19. The average Bonchev–Trinajstić information content (AvgIpc) is 3.27. The summed E-state index contributed by atoms with van der Waals surface area (Å²) >= 11 is 0. The fraction of sp³-hybridized carbons (Fsp3) is 0.643. The summed E-state index contributed by atoms with van der Waals surface area (Å²) in [6.45, 7) is 7.48. The normalized spacial score (nSPS) is 14.4. The van der Waals surface area contributed by atoms with Crippen molar-refractivity contribution in [1.29, 1.82) is 0 Å². The lowest BCUT2D eigenvalue weighted by molar-refractivity contribution is 0.0751. The topological polar surface area (TPSA) is 84.1 Å². The van der Waals surface area contributed by atoms with E-state index >= 15 is 0 Å². The number of carbonyl (C=O) groups is 1. The lowest BCUT2D eigenvalue weighted by Crippen LogP contribution is -2.34. The van der Waals surface area contributed by atoms with Crippen LogP contribution in [0.2, 0.25) is 0 Å². The fourth-order valence-electron chi connectivity index (χ4n) is 2.06. The Morgan fingerprint density at radius 3 is 2.75 bits per heavy atom. The largest absolute Gasteiger partial charge is 0.337 e. The van der Waals surface area contributed by atoms with Crippen molar-refractivity contribution in [3.8, 4) is 0 Å². The van der Waals surface area contributed by atoms with Crippen molar-refractivity contribution >= 4 is 11.6 Å². The van der Waals surface area contributed by atoms with Crippen LogP contribution in [0.25, 0.3) is 0 Å². The highest BCUT2D eigenvalue weighted by Crippen LogP contribution is 2.30. The number of rotatable bonds is 6. The molecule has 1 aliphatic rings. The molecule has 1 aromatic heterocycles. The van der Waals surface area contributed by atoms with Crippen LogP contribution in [0.5, 0.6) is 0 Å².